The zero-order chi connectivity index (χ0) is 14.5. The van der Waals surface area contributed by atoms with Gasteiger partial charge >= 0.3 is 0 Å². The molecule has 104 valence electrons. The summed E-state index contributed by atoms with van der Waals surface area (Å²) in [6.07, 6.45) is 0. The lowest BCUT2D eigenvalue weighted by molar-refractivity contribution is 0.606. The molecule has 2 rings (SSSR count). The van der Waals surface area contributed by atoms with Gasteiger partial charge in [-0.2, -0.15) is 0 Å². The lowest BCUT2D eigenvalue weighted by Gasteiger charge is -2.11. The fourth-order valence-corrected chi connectivity index (χ4v) is 2.18. The van der Waals surface area contributed by atoms with Crippen LogP contribution in [-0.2, 0) is 6.54 Å². The molecule has 0 aliphatic heterocycles. The van der Waals surface area contributed by atoms with Crippen molar-refractivity contribution in [1.82, 2.24) is 5.32 Å². The van der Waals surface area contributed by atoms with Gasteiger partial charge in [-0.1, -0.05) is 29.8 Å². The summed E-state index contributed by atoms with van der Waals surface area (Å²) in [5.74, 6) is -0.255. The minimum Gasteiger partial charge on any atom is -0.358 e. The molecule has 0 saturated heterocycles. The van der Waals surface area contributed by atoms with Crippen LogP contribution in [0, 0.1) is 5.82 Å². The molecule has 2 aromatic rings. The van der Waals surface area contributed by atoms with Gasteiger partial charge in [0.05, 0.1) is 5.02 Å². The molecule has 20 heavy (non-hydrogen) atoms. The monoisotopic (exact) mass is 372 g/mol. The Labute approximate surface area is 135 Å². The first-order valence-electron chi connectivity index (χ1n) is 5.79. The minimum absolute atomic E-state index is 0.255. The maximum absolute atomic E-state index is 13.4. The van der Waals surface area contributed by atoms with Crippen LogP contribution < -0.4 is 10.6 Å². The van der Waals surface area contributed by atoms with E-state index in [1.54, 1.807) is 24.3 Å². The normalized spacial score (nSPS) is 10.2. The van der Waals surface area contributed by atoms with E-state index in [9.17, 15) is 4.39 Å². The van der Waals surface area contributed by atoms with E-state index in [4.69, 9.17) is 23.8 Å². The zero-order valence-electron chi connectivity index (χ0n) is 10.3. The van der Waals surface area contributed by atoms with E-state index in [0.29, 0.717) is 22.2 Å². The van der Waals surface area contributed by atoms with Crippen molar-refractivity contribution in [3.8, 4) is 0 Å². The molecule has 0 atom stereocenters. The van der Waals surface area contributed by atoms with E-state index in [1.807, 2.05) is 12.1 Å². The third kappa shape index (κ3) is 4.16. The Hall–Kier alpha value is -1.17. The molecule has 6 heteroatoms. The largest absolute Gasteiger partial charge is 0.358 e. The van der Waals surface area contributed by atoms with Gasteiger partial charge in [-0.15, -0.1) is 0 Å². The molecule has 0 heterocycles. The highest BCUT2D eigenvalue weighted by atomic mass is 79.9. The fraction of sp³-hybridized carbons (Fsp3) is 0.0714. The number of rotatable bonds is 3. The van der Waals surface area contributed by atoms with E-state index in [-0.39, 0.29) is 5.82 Å². The maximum atomic E-state index is 13.4. The first-order chi connectivity index (χ1) is 9.56. The van der Waals surface area contributed by atoms with Gasteiger partial charge in [0.2, 0.25) is 0 Å². The molecule has 0 aliphatic rings. The summed E-state index contributed by atoms with van der Waals surface area (Å²) in [6, 6.07) is 12.0. The summed E-state index contributed by atoms with van der Waals surface area (Å²) in [4.78, 5) is 0. The third-order valence-electron chi connectivity index (χ3n) is 2.57. The molecule has 2 nitrogen and oxygen atoms in total. The molecule has 0 radical (unpaired) electrons. The number of hydrogen-bond donors (Lipinski definition) is 2. The molecule has 0 bridgehead atoms. The van der Waals surface area contributed by atoms with Crippen molar-refractivity contribution >= 4 is 50.5 Å². The van der Waals surface area contributed by atoms with Crippen LogP contribution in [0.5, 0.6) is 0 Å². The first-order valence-corrected chi connectivity index (χ1v) is 7.37. The van der Waals surface area contributed by atoms with Crippen molar-refractivity contribution in [2.24, 2.45) is 0 Å². The van der Waals surface area contributed by atoms with Crippen LogP contribution in [0.25, 0.3) is 0 Å². The van der Waals surface area contributed by atoms with E-state index < -0.39 is 0 Å². The van der Waals surface area contributed by atoms with E-state index in [1.165, 1.54) is 6.07 Å². The van der Waals surface area contributed by atoms with Gasteiger partial charge in [-0.05, 0) is 52.4 Å². The number of hydrogen-bond acceptors (Lipinski definition) is 1. The average molecular weight is 374 g/mol. The van der Waals surface area contributed by atoms with Crippen LogP contribution in [0.2, 0.25) is 5.02 Å². The highest BCUT2D eigenvalue weighted by molar-refractivity contribution is 9.10. The molecule has 0 unspecified atom stereocenters. The minimum atomic E-state index is -0.255. The predicted molar refractivity (Wildman–Crippen MR) is 88.6 cm³/mol. The van der Waals surface area contributed by atoms with Crippen molar-refractivity contribution in [3.05, 3.63) is 63.3 Å². The Morgan fingerprint density at radius 1 is 1.25 bits per heavy atom. The standard InChI is InChI=1S/C14H11BrClFN2S/c15-11-6-5-10(7-12(11)16)19-14(20)18-8-9-3-1-2-4-13(9)17/h1-7H,8H2,(H2,18,19,20). The molecule has 2 aromatic carbocycles. The maximum Gasteiger partial charge on any atom is 0.171 e. The third-order valence-corrected chi connectivity index (χ3v) is 4.05. The van der Waals surface area contributed by atoms with Crippen molar-refractivity contribution < 1.29 is 4.39 Å². The van der Waals surface area contributed by atoms with Crippen LogP contribution in [0.15, 0.2) is 46.9 Å². The zero-order valence-corrected chi connectivity index (χ0v) is 13.4. The van der Waals surface area contributed by atoms with E-state index in [2.05, 4.69) is 26.6 Å². The molecule has 2 N–H and O–H groups in total. The van der Waals surface area contributed by atoms with Crippen molar-refractivity contribution in [3.63, 3.8) is 0 Å². The number of halogens is 3. The first kappa shape index (κ1) is 15.2. The quantitative estimate of drug-likeness (QED) is 0.761. The Morgan fingerprint density at radius 3 is 2.70 bits per heavy atom. The lowest BCUT2D eigenvalue weighted by atomic mass is 10.2. The molecular weight excluding hydrogens is 363 g/mol. The highest BCUT2D eigenvalue weighted by Crippen LogP contribution is 2.25. The summed E-state index contributed by atoms with van der Waals surface area (Å²) in [6.45, 7) is 0.322. The molecule has 0 aromatic heterocycles. The van der Waals surface area contributed by atoms with Gasteiger partial charge in [0.1, 0.15) is 5.82 Å². The highest BCUT2D eigenvalue weighted by Gasteiger charge is 2.03. The second-order valence-electron chi connectivity index (χ2n) is 4.03. The van der Waals surface area contributed by atoms with Crippen molar-refractivity contribution in [2.45, 2.75) is 6.54 Å². The Kier molecular flexibility index (Phi) is 5.34. The average Bonchev–Trinajstić information content (AvgIpc) is 2.42. The van der Waals surface area contributed by atoms with E-state index >= 15 is 0 Å². The van der Waals surface area contributed by atoms with Gasteiger partial charge in [0.25, 0.3) is 0 Å². The summed E-state index contributed by atoms with van der Waals surface area (Å²) < 4.78 is 14.3. The number of nitrogens with one attached hydrogen (secondary N) is 2. The second kappa shape index (κ2) is 7.02. The molecule has 0 amide bonds. The summed E-state index contributed by atoms with van der Waals surface area (Å²) >= 11 is 14.5. The summed E-state index contributed by atoms with van der Waals surface area (Å²) in [7, 11) is 0. The molecule has 0 spiro atoms. The smallest absolute Gasteiger partial charge is 0.171 e. The molecule has 0 fully saturated rings. The fourth-order valence-electron chi connectivity index (χ4n) is 1.57. The second-order valence-corrected chi connectivity index (χ2v) is 5.70. The number of thiocarbonyl (C=S) groups is 1. The van der Waals surface area contributed by atoms with Crippen molar-refractivity contribution in [1.29, 1.82) is 0 Å². The van der Waals surface area contributed by atoms with E-state index in [0.717, 1.165) is 10.2 Å². The van der Waals surface area contributed by atoms with Gasteiger partial charge in [-0.3, -0.25) is 0 Å². The van der Waals surface area contributed by atoms with Crippen LogP contribution in [0.3, 0.4) is 0 Å². The molecular formula is C14H11BrClFN2S. The molecule has 0 aliphatic carbocycles. The Bertz CT molecular complexity index is 636. The Morgan fingerprint density at radius 2 is 2.00 bits per heavy atom. The lowest BCUT2D eigenvalue weighted by Crippen LogP contribution is -2.28. The topological polar surface area (TPSA) is 24.1 Å². The van der Waals surface area contributed by atoms with Gasteiger partial charge in [0.15, 0.2) is 5.11 Å². The summed E-state index contributed by atoms with van der Waals surface area (Å²) in [5.41, 5.74) is 1.33. The van der Waals surface area contributed by atoms with Gasteiger partial charge < -0.3 is 10.6 Å². The number of anilines is 1. The van der Waals surface area contributed by atoms with Gasteiger partial charge in [-0.25, -0.2) is 4.39 Å². The Balaban J connectivity index is 1.93. The van der Waals surface area contributed by atoms with Crippen LogP contribution >= 0.6 is 39.7 Å². The number of benzene rings is 2. The molecule has 0 saturated carbocycles. The van der Waals surface area contributed by atoms with Crippen LogP contribution in [0.4, 0.5) is 10.1 Å². The van der Waals surface area contributed by atoms with Crippen LogP contribution in [0.1, 0.15) is 5.56 Å². The SMILES string of the molecule is Fc1ccccc1CNC(=S)Nc1ccc(Br)c(Cl)c1. The van der Waals surface area contributed by atoms with Gasteiger partial charge in [0, 0.05) is 22.3 Å². The van der Waals surface area contributed by atoms with Crippen molar-refractivity contribution in [2.75, 3.05) is 5.32 Å². The summed E-state index contributed by atoms with van der Waals surface area (Å²) in [5, 5.41) is 6.94. The van der Waals surface area contributed by atoms with Crippen LogP contribution in [-0.4, -0.2) is 5.11 Å². The predicted octanol–water partition coefficient (Wildman–Crippen LogP) is 4.73.